The zero-order valence-corrected chi connectivity index (χ0v) is 17.2. The molecule has 1 heterocycles. The lowest BCUT2D eigenvalue weighted by Gasteiger charge is -2.35. The van der Waals surface area contributed by atoms with Gasteiger partial charge in [0.2, 0.25) is 0 Å². The van der Waals surface area contributed by atoms with E-state index in [1.807, 2.05) is 0 Å². The van der Waals surface area contributed by atoms with Crippen LogP contribution in [-0.4, -0.2) is 37.4 Å². The first-order chi connectivity index (χ1) is 12.5. The highest BCUT2D eigenvalue weighted by atomic mass is 35.5. The number of ether oxygens (including phenoxy) is 1. The van der Waals surface area contributed by atoms with Crippen LogP contribution in [0, 0.1) is 0 Å². The summed E-state index contributed by atoms with van der Waals surface area (Å²) in [6.45, 7) is 5.70. The van der Waals surface area contributed by atoms with E-state index >= 15 is 0 Å². The lowest BCUT2D eigenvalue weighted by Crippen LogP contribution is -2.45. The van der Waals surface area contributed by atoms with Gasteiger partial charge in [0.1, 0.15) is 5.75 Å². The van der Waals surface area contributed by atoms with Crippen molar-refractivity contribution in [1.82, 2.24) is 10.2 Å². The van der Waals surface area contributed by atoms with E-state index in [0.717, 1.165) is 43.7 Å². The van der Waals surface area contributed by atoms with Crippen molar-refractivity contribution in [2.45, 2.75) is 25.7 Å². The monoisotopic (exact) mass is 436 g/mol. The molecule has 1 aliphatic heterocycles. The van der Waals surface area contributed by atoms with Crippen LogP contribution in [0.25, 0.3) is 0 Å². The van der Waals surface area contributed by atoms with Crippen LogP contribution in [0.1, 0.15) is 29.7 Å². The number of alkyl halides is 3. The Kier molecular flexibility index (Phi) is 9.57. The van der Waals surface area contributed by atoms with Crippen LogP contribution < -0.4 is 10.1 Å². The second kappa shape index (κ2) is 10.9. The summed E-state index contributed by atoms with van der Waals surface area (Å²) in [5.41, 5.74) is 3.38. The molecule has 0 spiro atoms. The normalized spacial score (nSPS) is 15.9. The van der Waals surface area contributed by atoms with Gasteiger partial charge in [-0.05, 0) is 35.2 Å². The van der Waals surface area contributed by atoms with E-state index in [4.69, 9.17) is 0 Å². The SMILES string of the molecule is CCc1ccc([C@H](c2ccc(OC(F)(F)F)cc2)N2CCNCC2)cc1.Cl.Cl. The Morgan fingerprint density at radius 3 is 1.89 bits per heavy atom. The van der Waals surface area contributed by atoms with Gasteiger partial charge in [0.15, 0.2) is 0 Å². The summed E-state index contributed by atoms with van der Waals surface area (Å²) in [4.78, 5) is 2.36. The smallest absolute Gasteiger partial charge is 0.406 e. The highest BCUT2D eigenvalue weighted by Crippen LogP contribution is 2.31. The number of piperazine rings is 1. The van der Waals surface area contributed by atoms with E-state index in [1.165, 1.54) is 17.7 Å². The summed E-state index contributed by atoms with van der Waals surface area (Å²) in [6, 6.07) is 14.7. The maximum Gasteiger partial charge on any atom is 0.573 e. The van der Waals surface area contributed by atoms with Crippen molar-refractivity contribution in [3.8, 4) is 5.75 Å². The molecule has 0 radical (unpaired) electrons. The number of nitrogens with one attached hydrogen (secondary N) is 1. The fraction of sp³-hybridized carbons (Fsp3) is 0.400. The van der Waals surface area contributed by atoms with E-state index < -0.39 is 6.36 Å². The lowest BCUT2D eigenvalue weighted by atomic mass is 9.95. The van der Waals surface area contributed by atoms with Gasteiger partial charge in [0, 0.05) is 26.2 Å². The van der Waals surface area contributed by atoms with Gasteiger partial charge in [-0.2, -0.15) is 0 Å². The Morgan fingerprint density at radius 2 is 1.43 bits per heavy atom. The molecule has 1 atom stereocenters. The van der Waals surface area contributed by atoms with Crippen molar-refractivity contribution in [1.29, 1.82) is 0 Å². The standard InChI is InChI=1S/C20H23F3N2O.2ClH/c1-2-15-3-5-16(6-4-15)19(25-13-11-24-12-14-25)17-7-9-18(10-8-17)26-20(21,22)23;;/h3-10,19,24H,2,11-14H2,1H3;2*1H/t19-;;/m1../s1. The fourth-order valence-corrected chi connectivity index (χ4v) is 3.34. The van der Waals surface area contributed by atoms with Crippen LogP contribution in [0.5, 0.6) is 5.75 Å². The van der Waals surface area contributed by atoms with Gasteiger partial charge >= 0.3 is 6.36 Å². The molecule has 2 aromatic carbocycles. The Balaban J connectivity index is 0.00000196. The molecular weight excluding hydrogens is 412 g/mol. The molecule has 1 saturated heterocycles. The summed E-state index contributed by atoms with van der Waals surface area (Å²) < 4.78 is 41.2. The predicted octanol–water partition coefficient (Wildman–Crippen LogP) is 4.99. The lowest BCUT2D eigenvalue weighted by molar-refractivity contribution is -0.274. The van der Waals surface area contributed by atoms with Gasteiger partial charge in [0.05, 0.1) is 6.04 Å². The van der Waals surface area contributed by atoms with E-state index in [9.17, 15) is 13.2 Å². The molecule has 0 bridgehead atoms. The zero-order chi connectivity index (χ0) is 18.6. The molecular formula is C20H25Cl2F3N2O. The van der Waals surface area contributed by atoms with E-state index in [2.05, 4.69) is 46.1 Å². The third-order valence-corrected chi connectivity index (χ3v) is 4.65. The topological polar surface area (TPSA) is 24.5 Å². The van der Waals surface area contributed by atoms with E-state index in [0.29, 0.717) is 0 Å². The number of nitrogens with zero attached hydrogens (tertiary/aromatic N) is 1. The number of rotatable bonds is 5. The fourth-order valence-electron chi connectivity index (χ4n) is 3.34. The van der Waals surface area contributed by atoms with Crippen molar-refractivity contribution in [3.05, 3.63) is 65.2 Å². The number of hydrogen-bond acceptors (Lipinski definition) is 3. The third-order valence-electron chi connectivity index (χ3n) is 4.65. The van der Waals surface area contributed by atoms with E-state index in [1.54, 1.807) is 12.1 Å². The third kappa shape index (κ3) is 6.55. The second-order valence-electron chi connectivity index (χ2n) is 6.40. The molecule has 0 amide bonds. The molecule has 1 N–H and O–H groups in total. The van der Waals surface area contributed by atoms with Crippen LogP contribution >= 0.6 is 24.8 Å². The van der Waals surface area contributed by atoms with Crippen LogP contribution in [0.15, 0.2) is 48.5 Å². The summed E-state index contributed by atoms with van der Waals surface area (Å²) in [5.74, 6) is -0.193. The number of halogens is 5. The number of hydrogen-bond donors (Lipinski definition) is 1. The first kappa shape index (κ1) is 24.6. The molecule has 3 rings (SSSR count). The highest BCUT2D eigenvalue weighted by Gasteiger charge is 2.31. The quantitative estimate of drug-likeness (QED) is 0.714. The molecule has 1 fully saturated rings. The van der Waals surface area contributed by atoms with Crippen molar-refractivity contribution in [3.63, 3.8) is 0 Å². The maximum atomic E-state index is 12.4. The minimum atomic E-state index is -4.67. The summed E-state index contributed by atoms with van der Waals surface area (Å²) in [6.07, 6.45) is -3.70. The Labute approximate surface area is 176 Å². The average Bonchev–Trinajstić information content (AvgIpc) is 2.64. The van der Waals surface area contributed by atoms with Gasteiger partial charge in [-0.1, -0.05) is 43.3 Å². The van der Waals surface area contributed by atoms with E-state index in [-0.39, 0.29) is 36.6 Å². The molecule has 3 nitrogen and oxygen atoms in total. The molecule has 28 heavy (non-hydrogen) atoms. The Bertz CT molecular complexity index is 703. The molecule has 8 heteroatoms. The van der Waals surface area contributed by atoms with Crippen LogP contribution in [0.2, 0.25) is 0 Å². The summed E-state index contributed by atoms with van der Waals surface area (Å²) in [5, 5.41) is 3.34. The number of benzene rings is 2. The first-order valence-corrected chi connectivity index (χ1v) is 8.85. The highest BCUT2D eigenvalue weighted by molar-refractivity contribution is 5.85. The van der Waals surface area contributed by atoms with Crippen LogP contribution in [-0.2, 0) is 6.42 Å². The largest absolute Gasteiger partial charge is 0.573 e. The minimum Gasteiger partial charge on any atom is -0.406 e. The molecule has 0 aliphatic carbocycles. The van der Waals surface area contributed by atoms with Crippen molar-refractivity contribution < 1.29 is 17.9 Å². The Morgan fingerprint density at radius 1 is 0.929 bits per heavy atom. The predicted molar refractivity (Wildman–Crippen MR) is 110 cm³/mol. The van der Waals surface area contributed by atoms with Gasteiger partial charge in [0.25, 0.3) is 0 Å². The van der Waals surface area contributed by atoms with Crippen LogP contribution in [0.4, 0.5) is 13.2 Å². The number of aryl methyl sites for hydroxylation is 1. The van der Waals surface area contributed by atoms with Gasteiger partial charge in [-0.15, -0.1) is 38.0 Å². The van der Waals surface area contributed by atoms with Crippen molar-refractivity contribution >= 4 is 24.8 Å². The Hall–Kier alpha value is -1.47. The van der Waals surface area contributed by atoms with Crippen molar-refractivity contribution in [2.75, 3.05) is 26.2 Å². The van der Waals surface area contributed by atoms with Crippen molar-refractivity contribution in [2.24, 2.45) is 0 Å². The summed E-state index contributed by atoms with van der Waals surface area (Å²) in [7, 11) is 0. The molecule has 0 unspecified atom stereocenters. The first-order valence-electron chi connectivity index (χ1n) is 8.85. The average molecular weight is 437 g/mol. The van der Waals surface area contributed by atoms with Gasteiger partial charge in [-0.3, -0.25) is 4.90 Å². The second-order valence-corrected chi connectivity index (χ2v) is 6.40. The summed E-state index contributed by atoms with van der Waals surface area (Å²) >= 11 is 0. The molecule has 156 valence electrons. The van der Waals surface area contributed by atoms with Gasteiger partial charge in [-0.25, -0.2) is 0 Å². The van der Waals surface area contributed by atoms with Gasteiger partial charge < -0.3 is 10.1 Å². The molecule has 0 aromatic heterocycles. The zero-order valence-electron chi connectivity index (χ0n) is 15.5. The minimum absolute atomic E-state index is 0. The molecule has 1 aliphatic rings. The molecule has 0 saturated carbocycles. The maximum absolute atomic E-state index is 12.4. The van der Waals surface area contributed by atoms with Crippen LogP contribution in [0.3, 0.4) is 0 Å². The molecule has 2 aromatic rings.